The highest BCUT2D eigenvalue weighted by Crippen LogP contribution is 2.32. The Hall–Kier alpha value is -3.15. The van der Waals surface area contributed by atoms with Crippen LogP contribution in [0.4, 0.5) is 0 Å². The van der Waals surface area contributed by atoms with Crippen molar-refractivity contribution in [2.24, 2.45) is 11.0 Å². The van der Waals surface area contributed by atoms with E-state index in [4.69, 9.17) is 9.47 Å². The molecule has 0 fully saturated rings. The van der Waals surface area contributed by atoms with Gasteiger partial charge in [-0.1, -0.05) is 63.2 Å². The second-order valence-electron chi connectivity index (χ2n) is 7.81. The lowest BCUT2D eigenvalue weighted by Crippen LogP contribution is -2.29. The number of ether oxygens (including phenoxy) is 2. The maximum Gasteiger partial charge on any atom is 0.314 e. The molecule has 6 nitrogen and oxygen atoms in total. The Kier molecular flexibility index (Phi) is 8.79. The third-order valence-electron chi connectivity index (χ3n) is 5.28. The van der Waals surface area contributed by atoms with Gasteiger partial charge in [-0.3, -0.25) is 9.59 Å². The third kappa shape index (κ3) is 6.67. The fraction of sp³-hybridized carbons (Fsp3) is 0.400. The highest BCUT2D eigenvalue weighted by molar-refractivity contribution is 6.01. The van der Waals surface area contributed by atoms with Crippen LogP contribution in [0, 0.1) is 5.92 Å². The molecule has 6 heteroatoms. The van der Waals surface area contributed by atoms with E-state index >= 15 is 0 Å². The lowest BCUT2D eigenvalue weighted by Gasteiger charge is -2.26. The first-order valence-corrected chi connectivity index (χ1v) is 10.6. The maximum atomic E-state index is 12.1. The van der Waals surface area contributed by atoms with Crippen LogP contribution in [0.5, 0.6) is 5.75 Å². The van der Waals surface area contributed by atoms with Crippen LogP contribution in [-0.4, -0.2) is 30.8 Å². The van der Waals surface area contributed by atoms with Gasteiger partial charge in [-0.05, 0) is 43.5 Å². The third-order valence-corrected chi connectivity index (χ3v) is 5.28. The molecule has 0 aromatic heterocycles. The molecule has 0 bridgehead atoms. The van der Waals surface area contributed by atoms with Gasteiger partial charge in [-0.2, -0.15) is 5.10 Å². The van der Waals surface area contributed by atoms with Gasteiger partial charge in [0.1, 0.15) is 5.75 Å². The van der Waals surface area contributed by atoms with Crippen LogP contribution in [0.15, 0.2) is 59.7 Å². The fourth-order valence-corrected chi connectivity index (χ4v) is 3.27. The van der Waals surface area contributed by atoms with E-state index in [-0.39, 0.29) is 18.0 Å². The molecule has 1 atom stereocenters. The minimum atomic E-state index is -0.471. The lowest BCUT2D eigenvalue weighted by atomic mass is 9.78. The second-order valence-corrected chi connectivity index (χ2v) is 7.81. The molecule has 2 aromatic rings. The maximum absolute atomic E-state index is 12.1. The van der Waals surface area contributed by atoms with Crippen LogP contribution < -0.4 is 10.2 Å². The van der Waals surface area contributed by atoms with Gasteiger partial charge in [0.25, 0.3) is 5.91 Å². The summed E-state index contributed by atoms with van der Waals surface area (Å²) in [5.41, 5.74) is 5.18. The number of carbonyl (C=O) groups excluding carboxylic acids is 2. The molecule has 0 unspecified atom stereocenters. The van der Waals surface area contributed by atoms with E-state index in [9.17, 15) is 9.59 Å². The van der Waals surface area contributed by atoms with Gasteiger partial charge < -0.3 is 9.47 Å². The average Bonchev–Trinajstić information content (AvgIpc) is 2.78. The summed E-state index contributed by atoms with van der Waals surface area (Å²) in [6.07, 6.45) is 0.548. The SMILES string of the molecule is CCOC(=O)[C@@H](CC)/C(C)=N/NC(=O)COc1ccc(C(C)(C)c2ccccc2)cc1. The Morgan fingerprint density at radius 3 is 2.19 bits per heavy atom. The molecule has 31 heavy (non-hydrogen) atoms. The smallest absolute Gasteiger partial charge is 0.314 e. The number of rotatable bonds is 10. The lowest BCUT2D eigenvalue weighted by molar-refractivity contribution is -0.145. The minimum absolute atomic E-state index is 0.141. The first-order chi connectivity index (χ1) is 14.8. The van der Waals surface area contributed by atoms with Crippen molar-refractivity contribution in [1.29, 1.82) is 0 Å². The van der Waals surface area contributed by atoms with Gasteiger partial charge in [-0.15, -0.1) is 0 Å². The molecule has 1 N–H and O–H groups in total. The Balaban J connectivity index is 1.92. The molecule has 0 heterocycles. The van der Waals surface area contributed by atoms with E-state index in [1.54, 1.807) is 13.8 Å². The van der Waals surface area contributed by atoms with E-state index < -0.39 is 11.8 Å². The number of hydrogen-bond acceptors (Lipinski definition) is 5. The number of carbonyl (C=O) groups is 2. The van der Waals surface area contributed by atoms with E-state index in [2.05, 4.69) is 36.5 Å². The van der Waals surface area contributed by atoms with Crippen molar-refractivity contribution in [2.75, 3.05) is 13.2 Å². The van der Waals surface area contributed by atoms with Crippen molar-refractivity contribution in [1.82, 2.24) is 5.43 Å². The molecular formula is C25H32N2O4. The standard InChI is InChI=1S/C25H32N2O4/c1-6-22(24(29)30-7-2)18(3)26-27-23(28)17-31-21-15-13-20(14-16-21)25(4,5)19-11-9-8-10-12-19/h8-16,22H,6-7,17H2,1-5H3,(H,27,28)/b26-18+/t22-/m0/s1. The molecule has 0 aliphatic rings. The summed E-state index contributed by atoms with van der Waals surface area (Å²) in [7, 11) is 0. The first kappa shape index (κ1) is 24.1. The van der Waals surface area contributed by atoms with Gasteiger partial charge in [0.2, 0.25) is 0 Å². The van der Waals surface area contributed by atoms with E-state index in [0.717, 1.165) is 5.56 Å². The van der Waals surface area contributed by atoms with Crippen molar-refractivity contribution >= 4 is 17.6 Å². The molecule has 0 spiro atoms. The quantitative estimate of drug-likeness (QED) is 0.347. The van der Waals surface area contributed by atoms with Crippen molar-refractivity contribution < 1.29 is 19.1 Å². The van der Waals surface area contributed by atoms with Crippen LogP contribution >= 0.6 is 0 Å². The number of hydrogen-bond donors (Lipinski definition) is 1. The number of benzene rings is 2. The number of hydrazone groups is 1. The zero-order valence-corrected chi connectivity index (χ0v) is 19.0. The van der Waals surface area contributed by atoms with E-state index in [1.165, 1.54) is 5.56 Å². The largest absolute Gasteiger partial charge is 0.484 e. The zero-order valence-electron chi connectivity index (χ0n) is 19.0. The van der Waals surface area contributed by atoms with E-state index in [1.807, 2.05) is 49.4 Å². The summed E-state index contributed by atoms with van der Waals surface area (Å²) < 4.78 is 10.6. The Bertz CT molecular complexity index is 889. The van der Waals surface area contributed by atoms with Gasteiger partial charge >= 0.3 is 5.97 Å². The number of nitrogens with zero attached hydrogens (tertiary/aromatic N) is 1. The zero-order chi connectivity index (χ0) is 22.9. The van der Waals surface area contributed by atoms with Crippen molar-refractivity contribution in [3.8, 4) is 5.75 Å². The molecule has 166 valence electrons. The predicted octanol–water partition coefficient (Wildman–Crippen LogP) is 4.47. The number of amides is 1. The normalized spacial score (nSPS) is 12.7. The molecule has 0 radical (unpaired) electrons. The molecular weight excluding hydrogens is 392 g/mol. The summed E-state index contributed by atoms with van der Waals surface area (Å²) in [4.78, 5) is 24.0. The van der Waals surface area contributed by atoms with Crippen molar-refractivity contribution in [3.05, 3.63) is 65.7 Å². The molecule has 0 aliphatic heterocycles. The minimum Gasteiger partial charge on any atom is -0.484 e. The second kappa shape index (κ2) is 11.3. The number of esters is 1. The molecule has 0 aliphatic carbocycles. The average molecular weight is 425 g/mol. The van der Waals surface area contributed by atoms with Gasteiger partial charge in [0, 0.05) is 11.1 Å². The summed E-state index contributed by atoms with van der Waals surface area (Å²) in [5, 5.41) is 4.03. The van der Waals surface area contributed by atoms with Gasteiger partial charge in [-0.25, -0.2) is 5.43 Å². The first-order valence-electron chi connectivity index (χ1n) is 10.6. The Morgan fingerprint density at radius 2 is 1.61 bits per heavy atom. The molecule has 1 amide bonds. The number of nitrogens with one attached hydrogen (secondary N) is 1. The molecule has 2 rings (SSSR count). The summed E-state index contributed by atoms with van der Waals surface area (Å²) in [6.45, 7) is 9.80. The monoisotopic (exact) mass is 424 g/mol. The topological polar surface area (TPSA) is 77.0 Å². The van der Waals surface area contributed by atoms with Gasteiger partial charge in [0.15, 0.2) is 6.61 Å². The predicted molar refractivity (Wildman–Crippen MR) is 122 cm³/mol. The van der Waals surface area contributed by atoms with Crippen molar-refractivity contribution in [2.45, 2.75) is 46.5 Å². The molecule has 0 saturated heterocycles. The summed E-state index contributed by atoms with van der Waals surface area (Å²) in [6, 6.07) is 18.0. The van der Waals surface area contributed by atoms with Crippen LogP contribution in [0.3, 0.4) is 0 Å². The van der Waals surface area contributed by atoms with Crippen LogP contribution in [-0.2, 0) is 19.7 Å². The highest BCUT2D eigenvalue weighted by atomic mass is 16.5. The fourth-order valence-electron chi connectivity index (χ4n) is 3.27. The summed E-state index contributed by atoms with van der Waals surface area (Å²) >= 11 is 0. The Labute approximate surface area is 184 Å². The van der Waals surface area contributed by atoms with Crippen LogP contribution in [0.25, 0.3) is 0 Å². The Morgan fingerprint density at radius 1 is 1.00 bits per heavy atom. The van der Waals surface area contributed by atoms with Crippen LogP contribution in [0.1, 0.15) is 52.2 Å². The van der Waals surface area contributed by atoms with Crippen LogP contribution in [0.2, 0.25) is 0 Å². The highest BCUT2D eigenvalue weighted by Gasteiger charge is 2.23. The van der Waals surface area contributed by atoms with Gasteiger partial charge in [0.05, 0.1) is 12.5 Å². The van der Waals surface area contributed by atoms with E-state index in [0.29, 0.717) is 24.5 Å². The van der Waals surface area contributed by atoms with Crippen molar-refractivity contribution in [3.63, 3.8) is 0 Å². The summed E-state index contributed by atoms with van der Waals surface area (Å²) in [5.74, 6) is -0.606. The molecule has 2 aromatic carbocycles. The molecule has 0 saturated carbocycles.